The Morgan fingerprint density at radius 2 is 1.88 bits per heavy atom. The van der Waals surface area contributed by atoms with E-state index < -0.39 is 0 Å². The van der Waals surface area contributed by atoms with Crippen LogP contribution in [0.15, 0.2) is 18.2 Å². The first-order valence-electron chi connectivity index (χ1n) is 6.05. The molecule has 3 heteroatoms. The smallest absolute Gasteiger partial charge is 0.133 e. The predicted molar refractivity (Wildman–Crippen MR) is 71.8 cm³/mol. The van der Waals surface area contributed by atoms with Crippen LogP contribution in [-0.4, -0.2) is 5.78 Å². The third kappa shape index (κ3) is 2.83. The normalized spacial score (nSPS) is 24.6. The molecule has 1 aliphatic rings. The zero-order chi connectivity index (χ0) is 12.4. The minimum Gasteiger partial charge on any atom is -0.300 e. The lowest BCUT2D eigenvalue weighted by Crippen LogP contribution is -2.23. The quantitative estimate of drug-likeness (QED) is 0.751. The molecule has 2 rings (SSSR count). The highest BCUT2D eigenvalue weighted by Crippen LogP contribution is 2.39. The topological polar surface area (TPSA) is 17.1 Å². The van der Waals surface area contributed by atoms with Gasteiger partial charge in [-0.25, -0.2) is 0 Å². The van der Waals surface area contributed by atoms with Gasteiger partial charge in [-0.15, -0.1) is 0 Å². The summed E-state index contributed by atoms with van der Waals surface area (Å²) in [6.07, 6.45) is 4.42. The molecule has 1 saturated carbocycles. The van der Waals surface area contributed by atoms with Crippen molar-refractivity contribution in [3.63, 3.8) is 0 Å². The van der Waals surface area contributed by atoms with E-state index >= 15 is 0 Å². The largest absolute Gasteiger partial charge is 0.300 e. The van der Waals surface area contributed by atoms with Crippen LogP contribution in [0.3, 0.4) is 0 Å². The SMILES string of the molecule is CC(=O)C1CCCCC1c1ccc(Cl)c(Cl)c1. The Labute approximate surface area is 112 Å². The van der Waals surface area contributed by atoms with Gasteiger partial charge in [-0.2, -0.15) is 0 Å². The molecular formula is C14H16Cl2O. The van der Waals surface area contributed by atoms with E-state index in [0.717, 1.165) is 24.8 Å². The van der Waals surface area contributed by atoms with Crippen molar-refractivity contribution in [1.82, 2.24) is 0 Å². The van der Waals surface area contributed by atoms with E-state index in [4.69, 9.17) is 23.2 Å². The van der Waals surface area contributed by atoms with Crippen LogP contribution in [-0.2, 0) is 4.79 Å². The van der Waals surface area contributed by atoms with Crippen LogP contribution in [0, 0.1) is 5.92 Å². The summed E-state index contributed by atoms with van der Waals surface area (Å²) in [4.78, 5) is 11.7. The maximum Gasteiger partial charge on any atom is 0.133 e. The molecule has 0 heterocycles. The predicted octanol–water partition coefficient (Wildman–Crippen LogP) is 4.86. The van der Waals surface area contributed by atoms with Crippen LogP contribution in [0.5, 0.6) is 0 Å². The minimum absolute atomic E-state index is 0.154. The minimum atomic E-state index is 0.154. The molecule has 0 amide bonds. The molecule has 1 aromatic rings. The van der Waals surface area contributed by atoms with Gasteiger partial charge in [0, 0.05) is 5.92 Å². The number of benzene rings is 1. The van der Waals surface area contributed by atoms with Crippen LogP contribution >= 0.6 is 23.2 Å². The van der Waals surface area contributed by atoms with Crippen molar-refractivity contribution in [2.75, 3.05) is 0 Å². The van der Waals surface area contributed by atoms with E-state index in [0.29, 0.717) is 21.7 Å². The van der Waals surface area contributed by atoms with Gasteiger partial charge in [0.1, 0.15) is 5.78 Å². The Hall–Kier alpha value is -0.530. The zero-order valence-electron chi connectivity index (χ0n) is 9.88. The van der Waals surface area contributed by atoms with Crippen LogP contribution < -0.4 is 0 Å². The molecule has 2 atom stereocenters. The van der Waals surface area contributed by atoms with Gasteiger partial charge in [0.25, 0.3) is 0 Å². The number of rotatable bonds is 2. The summed E-state index contributed by atoms with van der Waals surface area (Å²) in [6.45, 7) is 1.69. The standard InChI is InChI=1S/C14H16Cl2O/c1-9(17)11-4-2-3-5-12(11)10-6-7-13(15)14(16)8-10/h6-8,11-12H,2-5H2,1H3. The summed E-state index contributed by atoms with van der Waals surface area (Å²) in [7, 11) is 0. The number of ketones is 1. The van der Waals surface area contributed by atoms with Gasteiger partial charge >= 0.3 is 0 Å². The fourth-order valence-corrected chi connectivity index (χ4v) is 3.07. The van der Waals surface area contributed by atoms with Crippen molar-refractivity contribution < 1.29 is 4.79 Å². The Bertz CT molecular complexity index is 428. The second-order valence-electron chi connectivity index (χ2n) is 4.78. The molecule has 1 nitrogen and oxygen atoms in total. The molecule has 0 radical (unpaired) electrons. The molecule has 1 aliphatic carbocycles. The Balaban J connectivity index is 2.29. The maximum absolute atomic E-state index is 11.7. The van der Waals surface area contributed by atoms with Crippen molar-refractivity contribution in [3.05, 3.63) is 33.8 Å². The summed E-state index contributed by atoms with van der Waals surface area (Å²) < 4.78 is 0. The van der Waals surface area contributed by atoms with E-state index in [1.54, 1.807) is 6.92 Å². The highest BCUT2D eigenvalue weighted by Gasteiger charge is 2.29. The van der Waals surface area contributed by atoms with Crippen LogP contribution in [0.1, 0.15) is 44.1 Å². The molecule has 0 N–H and O–H groups in total. The summed E-state index contributed by atoms with van der Waals surface area (Å²) in [5.41, 5.74) is 1.15. The van der Waals surface area contributed by atoms with Crippen molar-refractivity contribution in [3.8, 4) is 0 Å². The Morgan fingerprint density at radius 3 is 2.53 bits per heavy atom. The second kappa shape index (κ2) is 5.41. The van der Waals surface area contributed by atoms with E-state index in [1.807, 2.05) is 18.2 Å². The van der Waals surface area contributed by atoms with Gasteiger partial charge in [0.2, 0.25) is 0 Å². The molecule has 0 spiro atoms. The first-order valence-corrected chi connectivity index (χ1v) is 6.80. The van der Waals surface area contributed by atoms with Crippen molar-refractivity contribution in [1.29, 1.82) is 0 Å². The van der Waals surface area contributed by atoms with E-state index in [9.17, 15) is 4.79 Å². The van der Waals surface area contributed by atoms with E-state index in [2.05, 4.69) is 0 Å². The Kier molecular flexibility index (Phi) is 4.11. The fourth-order valence-electron chi connectivity index (χ4n) is 2.76. The number of carbonyl (C=O) groups excluding carboxylic acids is 1. The highest BCUT2D eigenvalue weighted by molar-refractivity contribution is 6.42. The van der Waals surface area contributed by atoms with Gasteiger partial charge in [-0.05, 0) is 43.4 Å². The molecule has 0 saturated heterocycles. The monoisotopic (exact) mass is 270 g/mol. The van der Waals surface area contributed by atoms with Crippen molar-refractivity contribution in [2.45, 2.75) is 38.5 Å². The molecule has 1 fully saturated rings. The molecule has 1 aromatic carbocycles. The average molecular weight is 271 g/mol. The second-order valence-corrected chi connectivity index (χ2v) is 5.60. The van der Waals surface area contributed by atoms with Crippen molar-refractivity contribution in [2.24, 2.45) is 5.92 Å². The van der Waals surface area contributed by atoms with Crippen LogP contribution in [0.2, 0.25) is 10.0 Å². The number of halogens is 2. The van der Waals surface area contributed by atoms with Crippen LogP contribution in [0.4, 0.5) is 0 Å². The third-order valence-electron chi connectivity index (χ3n) is 3.66. The lowest BCUT2D eigenvalue weighted by molar-refractivity contribution is -0.122. The summed E-state index contributed by atoms with van der Waals surface area (Å²) >= 11 is 12.0. The summed E-state index contributed by atoms with van der Waals surface area (Å²) in [5.74, 6) is 0.762. The molecule has 92 valence electrons. The van der Waals surface area contributed by atoms with E-state index in [1.165, 1.54) is 6.42 Å². The van der Waals surface area contributed by atoms with Gasteiger partial charge in [-0.3, -0.25) is 4.79 Å². The number of hydrogen-bond acceptors (Lipinski definition) is 1. The third-order valence-corrected chi connectivity index (χ3v) is 4.40. The molecule has 0 aliphatic heterocycles. The molecule has 2 unspecified atom stereocenters. The van der Waals surface area contributed by atoms with Gasteiger partial charge in [0.05, 0.1) is 10.0 Å². The first-order chi connectivity index (χ1) is 8.09. The number of hydrogen-bond donors (Lipinski definition) is 0. The number of Topliss-reactive ketones (excluding diaryl/α,β-unsaturated/α-hetero) is 1. The first kappa shape index (κ1) is 12.9. The lowest BCUT2D eigenvalue weighted by atomic mass is 9.74. The van der Waals surface area contributed by atoms with Gasteiger partial charge in [0.15, 0.2) is 0 Å². The Morgan fingerprint density at radius 1 is 1.18 bits per heavy atom. The summed E-state index contributed by atoms with van der Waals surface area (Å²) in [6, 6.07) is 5.74. The van der Waals surface area contributed by atoms with Gasteiger partial charge in [-0.1, -0.05) is 42.1 Å². The average Bonchev–Trinajstić information content (AvgIpc) is 2.32. The molecular weight excluding hydrogens is 255 g/mol. The maximum atomic E-state index is 11.7. The molecule has 0 bridgehead atoms. The lowest BCUT2D eigenvalue weighted by Gasteiger charge is -2.30. The fraction of sp³-hybridized carbons (Fsp3) is 0.500. The van der Waals surface area contributed by atoms with E-state index in [-0.39, 0.29) is 5.92 Å². The summed E-state index contributed by atoms with van der Waals surface area (Å²) in [5, 5.41) is 1.16. The number of carbonyl (C=O) groups is 1. The zero-order valence-corrected chi connectivity index (χ0v) is 11.4. The molecule has 0 aromatic heterocycles. The van der Waals surface area contributed by atoms with Crippen LogP contribution in [0.25, 0.3) is 0 Å². The van der Waals surface area contributed by atoms with Crippen molar-refractivity contribution >= 4 is 29.0 Å². The molecule has 17 heavy (non-hydrogen) atoms. The van der Waals surface area contributed by atoms with Gasteiger partial charge < -0.3 is 0 Å². The highest BCUT2D eigenvalue weighted by atomic mass is 35.5.